The lowest BCUT2D eigenvalue weighted by Gasteiger charge is -2.19. The van der Waals surface area contributed by atoms with Crippen molar-refractivity contribution >= 4 is 40.4 Å². The number of Topliss-reactive ketones (excluding diaryl/α,β-unsaturated/α-hetero) is 1. The van der Waals surface area contributed by atoms with E-state index < -0.39 is 0 Å². The Morgan fingerprint density at radius 1 is 1.38 bits per heavy atom. The van der Waals surface area contributed by atoms with Gasteiger partial charge in [0.2, 0.25) is 16.9 Å². The molecular formula is C24H21ClN6O2S. The summed E-state index contributed by atoms with van der Waals surface area (Å²) in [6.45, 7) is 0.722. The number of benzene rings is 1. The van der Waals surface area contributed by atoms with Gasteiger partial charge in [0, 0.05) is 19.7 Å². The van der Waals surface area contributed by atoms with Crippen LogP contribution in [0.25, 0.3) is 0 Å². The zero-order chi connectivity index (χ0) is 24.1. The highest BCUT2D eigenvalue weighted by Crippen LogP contribution is 2.30. The van der Waals surface area contributed by atoms with Crippen molar-refractivity contribution in [1.82, 2.24) is 19.7 Å². The zero-order valence-electron chi connectivity index (χ0n) is 18.4. The molecule has 0 radical (unpaired) electrons. The molecule has 1 aromatic carbocycles. The van der Waals surface area contributed by atoms with Gasteiger partial charge in [-0.2, -0.15) is 10.2 Å². The molecule has 4 rings (SSSR count). The van der Waals surface area contributed by atoms with E-state index >= 15 is 0 Å². The van der Waals surface area contributed by atoms with E-state index in [9.17, 15) is 4.79 Å². The lowest BCUT2D eigenvalue weighted by atomic mass is 10.1. The van der Waals surface area contributed by atoms with Gasteiger partial charge in [0.05, 0.1) is 29.1 Å². The Balaban J connectivity index is 1.34. The molecular weight excluding hydrogens is 472 g/mol. The van der Waals surface area contributed by atoms with Gasteiger partial charge in [0.25, 0.3) is 0 Å². The molecule has 3 heterocycles. The summed E-state index contributed by atoms with van der Waals surface area (Å²) in [6, 6.07) is 12.9. The molecule has 172 valence electrons. The van der Waals surface area contributed by atoms with E-state index in [2.05, 4.69) is 21.1 Å². The van der Waals surface area contributed by atoms with Crippen molar-refractivity contribution in [3.63, 3.8) is 0 Å². The molecule has 8 nitrogen and oxygen atoms in total. The number of hydrogen-bond acceptors (Lipinski definition) is 7. The molecule has 10 heteroatoms. The first-order chi connectivity index (χ1) is 16.5. The van der Waals surface area contributed by atoms with E-state index in [1.165, 1.54) is 4.68 Å². The monoisotopic (exact) mass is 492 g/mol. The van der Waals surface area contributed by atoms with Crippen LogP contribution in [-0.4, -0.2) is 44.2 Å². The van der Waals surface area contributed by atoms with Crippen LogP contribution in [0.2, 0.25) is 5.28 Å². The molecule has 0 unspecified atom stereocenters. The summed E-state index contributed by atoms with van der Waals surface area (Å²) < 4.78 is 7.31. The standard InChI is InChI=1S/C24H21ClN6O2S/c1-30-22-20(10-5-11-27-22)33-15-18(23(30)34)8-2-3-9-19(32)21-28-24(25)31(29-21)14-17-7-4-6-16(12-17)13-26/h2,4-8,10-12,18H,3,9,14-15H2,1H3/b8-2+/t18-/m0/s1. The summed E-state index contributed by atoms with van der Waals surface area (Å²) in [6.07, 6.45) is 6.32. The number of thiocarbonyl (C=S) groups is 1. The Labute approximate surface area is 207 Å². The number of fused-ring (bicyclic) bond motifs is 1. The van der Waals surface area contributed by atoms with Crippen molar-refractivity contribution in [3.8, 4) is 11.8 Å². The lowest BCUT2D eigenvalue weighted by molar-refractivity contribution is 0.0973. The van der Waals surface area contributed by atoms with Crippen molar-refractivity contribution in [2.45, 2.75) is 19.4 Å². The predicted octanol–water partition coefficient (Wildman–Crippen LogP) is 4.24. The molecule has 1 atom stereocenters. The third kappa shape index (κ3) is 5.30. The van der Waals surface area contributed by atoms with Gasteiger partial charge in [-0.1, -0.05) is 36.5 Å². The molecule has 0 amide bonds. The predicted molar refractivity (Wildman–Crippen MR) is 132 cm³/mol. The SMILES string of the molecule is CN1C(=S)[C@@H](/C=C/CCC(=O)c2nc(Cl)n(Cc3cccc(C#N)c3)n2)COc2cccnc21. The quantitative estimate of drug-likeness (QED) is 0.274. The van der Waals surface area contributed by atoms with Crippen LogP contribution in [0.5, 0.6) is 5.75 Å². The molecule has 0 fully saturated rings. The molecule has 0 saturated heterocycles. The second-order valence-corrected chi connectivity index (χ2v) is 8.46. The Kier molecular flexibility index (Phi) is 7.30. The number of carbonyl (C=O) groups excluding carboxylic acids is 1. The number of ketones is 1. The number of pyridine rings is 1. The molecule has 1 aliphatic rings. The lowest BCUT2D eigenvalue weighted by Crippen LogP contribution is -2.31. The second-order valence-electron chi connectivity index (χ2n) is 7.70. The van der Waals surface area contributed by atoms with Gasteiger partial charge in [-0.05, 0) is 47.9 Å². The summed E-state index contributed by atoms with van der Waals surface area (Å²) in [5.41, 5.74) is 1.39. The number of ether oxygens (including phenoxy) is 1. The minimum atomic E-state index is -0.204. The van der Waals surface area contributed by atoms with E-state index in [0.29, 0.717) is 41.7 Å². The molecule has 0 spiro atoms. The van der Waals surface area contributed by atoms with Gasteiger partial charge in [0.15, 0.2) is 11.6 Å². The molecule has 0 aliphatic carbocycles. The van der Waals surface area contributed by atoms with Crippen molar-refractivity contribution in [2.75, 3.05) is 18.6 Å². The fraction of sp³-hybridized carbons (Fsp3) is 0.250. The van der Waals surface area contributed by atoms with Crippen LogP contribution in [0.15, 0.2) is 54.7 Å². The van der Waals surface area contributed by atoms with Crippen molar-refractivity contribution in [3.05, 3.63) is 77.0 Å². The molecule has 0 N–H and O–H groups in total. The maximum atomic E-state index is 12.6. The van der Waals surface area contributed by atoms with Crippen molar-refractivity contribution in [1.29, 1.82) is 5.26 Å². The van der Waals surface area contributed by atoms with E-state index in [1.807, 2.05) is 42.3 Å². The number of rotatable bonds is 7. The second kappa shape index (κ2) is 10.5. The average Bonchev–Trinajstić information content (AvgIpc) is 3.17. The highest BCUT2D eigenvalue weighted by atomic mass is 35.5. The Morgan fingerprint density at radius 3 is 3.06 bits per heavy atom. The topological polar surface area (TPSA) is 96.9 Å². The maximum Gasteiger partial charge on any atom is 0.221 e. The van der Waals surface area contributed by atoms with Crippen LogP contribution in [0.3, 0.4) is 0 Å². The van der Waals surface area contributed by atoms with Crippen molar-refractivity contribution < 1.29 is 9.53 Å². The maximum absolute atomic E-state index is 12.6. The molecule has 0 bridgehead atoms. The largest absolute Gasteiger partial charge is 0.489 e. The summed E-state index contributed by atoms with van der Waals surface area (Å²) in [5.74, 6) is 1.14. The normalized spacial score (nSPS) is 15.5. The van der Waals surface area contributed by atoms with Gasteiger partial charge in [-0.25, -0.2) is 9.67 Å². The zero-order valence-corrected chi connectivity index (χ0v) is 20.0. The third-order valence-electron chi connectivity index (χ3n) is 5.31. The van der Waals surface area contributed by atoms with E-state index in [-0.39, 0.29) is 29.2 Å². The highest BCUT2D eigenvalue weighted by Gasteiger charge is 2.25. The van der Waals surface area contributed by atoms with Crippen LogP contribution in [-0.2, 0) is 6.54 Å². The summed E-state index contributed by atoms with van der Waals surface area (Å²) in [5, 5.41) is 13.4. The van der Waals surface area contributed by atoms with Crippen LogP contribution < -0.4 is 9.64 Å². The van der Waals surface area contributed by atoms with Crippen LogP contribution >= 0.6 is 23.8 Å². The first kappa shape index (κ1) is 23.5. The minimum Gasteiger partial charge on any atom is -0.489 e. The third-order valence-corrected chi connectivity index (χ3v) is 6.16. The molecule has 3 aromatic rings. The molecule has 2 aromatic heterocycles. The summed E-state index contributed by atoms with van der Waals surface area (Å²) in [4.78, 5) is 23.6. The fourth-order valence-corrected chi connectivity index (χ4v) is 3.94. The van der Waals surface area contributed by atoms with Crippen molar-refractivity contribution in [2.24, 2.45) is 5.92 Å². The number of aromatic nitrogens is 4. The molecule has 1 aliphatic heterocycles. The van der Waals surface area contributed by atoms with Gasteiger partial charge < -0.3 is 9.64 Å². The van der Waals surface area contributed by atoms with Crippen LogP contribution in [0, 0.1) is 17.2 Å². The molecule has 0 saturated carbocycles. The highest BCUT2D eigenvalue weighted by molar-refractivity contribution is 7.80. The summed E-state index contributed by atoms with van der Waals surface area (Å²) >= 11 is 11.8. The Hall–Kier alpha value is -3.61. The van der Waals surface area contributed by atoms with E-state index in [4.69, 9.17) is 33.8 Å². The number of anilines is 1. The van der Waals surface area contributed by atoms with Crippen LogP contribution in [0.1, 0.15) is 34.6 Å². The smallest absolute Gasteiger partial charge is 0.221 e. The fourth-order valence-electron chi connectivity index (χ4n) is 3.53. The number of hydrogen-bond donors (Lipinski definition) is 0. The Bertz CT molecular complexity index is 1300. The van der Waals surface area contributed by atoms with E-state index in [1.54, 1.807) is 24.4 Å². The number of carbonyl (C=O) groups is 1. The molecule has 34 heavy (non-hydrogen) atoms. The number of nitrogens with zero attached hydrogens (tertiary/aromatic N) is 6. The average molecular weight is 493 g/mol. The van der Waals surface area contributed by atoms with Crippen LogP contribution in [0.4, 0.5) is 5.82 Å². The van der Waals surface area contributed by atoms with Gasteiger partial charge in [-0.3, -0.25) is 4.79 Å². The Morgan fingerprint density at radius 2 is 2.24 bits per heavy atom. The van der Waals surface area contributed by atoms with Gasteiger partial charge in [-0.15, -0.1) is 5.10 Å². The van der Waals surface area contributed by atoms with Gasteiger partial charge in [0.1, 0.15) is 6.61 Å². The summed E-state index contributed by atoms with van der Waals surface area (Å²) in [7, 11) is 1.87. The number of halogens is 1. The van der Waals surface area contributed by atoms with E-state index in [0.717, 1.165) is 5.56 Å². The number of nitriles is 1. The minimum absolute atomic E-state index is 0.0735. The number of allylic oxidation sites excluding steroid dienone is 1. The first-order valence-corrected chi connectivity index (χ1v) is 11.4. The van der Waals surface area contributed by atoms with Gasteiger partial charge >= 0.3 is 0 Å². The first-order valence-electron chi connectivity index (χ1n) is 10.6.